The molecule has 0 radical (unpaired) electrons. The summed E-state index contributed by atoms with van der Waals surface area (Å²) in [6.45, 7) is 8.47. The molecule has 1 fully saturated rings. The smallest absolute Gasteiger partial charge is 0.272 e. The van der Waals surface area contributed by atoms with Gasteiger partial charge in [0, 0.05) is 25.7 Å². The zero-order valence-corrected chi connectivity index (χ0v) is 12.1. The van der Waals surface area contributed by atoms with Crippen LogP contribution in [0.15, 0.2) is 6.07 Å². The van der Waals surface area contributed by atoms with Gasteiger partial charge in [-0.2, -0.15) is 5.10 Å². The van der Waals surface area contributed by atoms with Crippen LogP contribution >= 0.6 is 0 Å². The molecule has 1 aliphatic heterocycles. The second kappa shape index (κ2) is 5.74. The van der Waals surface area contributed by atoms with Gasteiger partial charge in [-0.3, -0.25) is 9.48 Å². The topological polar surface area (TPSA) is 64.2 Å². The molecular weight excluding hydrogens is 240 g/mol. The van der Waals surface area contributed by atoms with Gasteiger partial charge in [-0.1, -0.05) is 13.8 Å². The third-order valence-corrected chi connectivity index (χ3v) is 3.48. The van der Waals surface area contributed by atoms with E-state index in [0.29, 0.717) is 18.2 Å². The number of aromatic nitrogens is 2. The number of amides is 1. The van der Waals surface area contributed by atoms with E-state index < -0.39 is 0 Å². The number of hydrogen-bond acceptors (Lipinski definition) is 3. The zero-order valence-electron chi connectivity index (χ0n) is 12.1. The predicted molar refractivity (Wildman–Crippen MR) is 74.9 cm³/mol. The summed E-state index contributed by atoms with van der Waals surface area (Å²) < 4.78 is 1.81. The summed E-state index contributed by atoms with van der Waals surface area (Å²) in [5.41, 5.74) is 7.57. The highest BCUT2D eigenvalue weighted by molar-refractivity contribution is 5.93. The molecule has 2 rings (SSSR count). The Balaban J connectivity index is 2.18. The Morgan fingerprint density at radius 2 is 2.32 bits per heavy atom. The van der Waals surface area contributed by atoms with Gasteiger partial charge in [0.1, 0.15) is 5.69 Å². The van der Waals surface area contributed by atoms with E-state index in [4.69, 9.17) is 5.73 Å². The fraction of sp³-hybridized carbons (Fsp3) is 0.714. The first-order valence-electron chi connectivity index (χ1n) is 7.12. The van der Waals surface area contributed by atoms with E-state index in [1.807, 2.05) is 22.6 Å². The number of likely N-dealkylation sites (tertiary alicyclic amines) is 1. The quantitative estimate of drug-likeness (QED) is 0.891. The second-order valence-electron chi connectivity index (χ2n) is 5.73. The number of hydrogen-bond donors (Lipinski definition) is 1. The van der Waals surface area contributed by atoms with Gasteiger partial charge in [0.25, 0.3) is 5.91 Å². The summed E-state index contributed by atoms with van der Waals surface area (Å²) in [6, 6.07) is 2.06. The largest absolute Gasteiger partial charge is 0.336 e. The molecule has 2 N–H and O–H groups in total. The normalized spacial score (nSPS) is 19.4. The van der Waals surface area contributed by atoms with Crippen molar-refractivity contribution >= 4 is 5.91 Å². The van der Waals surface area contributed by atoms with E-state index in [2.05, 4.69) is 18.9 Å². The average Bonchev–Trinajstić information content (AvgIpc) is 2.94. The molecule has 0 aliphatic carbocycles. The molecule has 2 heterocycles. The molecule has 5 heteroatoms. The van der Waals surface area contributed by atoms with E-state index in [1.165, 1.54) is 0 Å². The lowest BCUT2D eigenvalue weighted by Gasteiger charge is -2.15. The molecule has 19 heavy (non-hydrogen) atoms. The molecule has 1 atom stereocenters. The molecule has 0 unspecified atom stereocenters. The molecule has 0 bridgehead atoms. The van der Waals surface area contributed by atoms with Crippen molar-refractivity contribution in [2.24, 2.45) is 11.7 Å². The molecule has 1 aromatic rings. The monoisotopic (exact) mass is 264 g/mol. The maximum absolute atomic E-state index is 12.5. The lowest BCUT2D eigenvalue weighted by atomic mass is 10.1. The van der Waals surface area contributed by atoms with Crippen molar-refractivity contribution < 1.29 is 4.79 Å². The minimum Gasteiger partial charge on any atom is -0.336 e. The molecule has 106 valence electrons. The van der Waals surface area contributed by atoms with E-state index in [9.17, 15) is 4.79 Å². The van der Waals surface area contributed by atoms with Crippen molar-refractivity contribution in [1.82, 2.24) is 14.7 Å². The van der Waals surface area contributed by atoms with Crippen molar-refractivity contribution in [3.8, 4) is 0 Å². The summed E-state index contributed by atoms with van der Waals surface area (Å²) in [7, 11) is 0. The summed E-state index contributed by atoms with van der Waals surface area (Å²) in [4.78, 5) is 14.3. The summed E-state index contributed by atoms with van der Waals surface area (Å²) in [5.74, 6) is 0.612. The zero-order chi connectivity index (χ0) is 14.0. The molecule has 0 spiro atoms. The lowest BCUT2D eigenvalue weighted by molar-refractivity contribution is 0.0778. The van der Waals surface area contributed by atoms with E-state index in [-0.39, 0.29) is 11.9 Å². The van der Waals surface area contributed by atoms with Gasteiger partial charge in [-0.05, 0) is 31.7 Å². The maximum atomic E-state index is 12.5. The fourth-order valence-corrected chi connectivity index (χ4v) is 2.54. The Hall–Kier alpha value is -1.36. The van der Waals surface area contributed by atoms with Gasteiger partial charge < -0.3 is 10.6 Å². The third kappa shape index (κ3) is 3.15. The number of aryl methyl sites for hydroxylation is 1. The SMILES string of the molecule is CCn1nc(CC(C)C)cc1C(=O)N1CC[C@H](N)C1. The Bertz CT molecular complexity index is 452. The standard InChI is InChI=1S/C14H24N4O/c1-4-18-13(8-12(16-18)7-10(2)3)14(19)17-6-5-11(15)9-17/h8,10-11H,4-7,9,15H2,1-3H3/t11-/m0/s1. The van der Waals surface area contributed by atoms with Gasteiger partial charge >= 0.3 is 0 Å². The van der Waals surface area contributed by atoms with Crippen LogP contribution in [0, 0.1) is 5.92 Å². The number of nitrogens with two attached hydrogens (primary N) is 1. The van der Waals surface area contributed by atoms with Crippen LogP contribution in [0.5, 0.6) is 0 Å². The van der Waals surface area contributed by atoms with Gasteiger partial charge in [0.15, 0.2) is 0 Å². The first kappa shape index (κ1) is 14.1. The molecule has 1 amide bonds. The van der Waals surface area contributed by atoms with Crippen LogP contribution < -0.4 is 5.73 Å². The van der Waals surface area contributed by atoms with Gasteiger partial charge in [0.2, 0.25) is 0 Å². The minimum absolute atomic E-state index is 0.0670. The Morgan fingerprint density at radius 3 is 2.84 bits per heavy atom. The molecule has 1 aromatic heterocycles. The van der Waals surface area contributed by atoms with Crippen molar-refractivity contribution in [2.45, 2.75) is 46.2 Å². The minimum atomic E-state index is 0.0670. The predicted octanol–water partition coefficient (Wildman–Crippen LogP) is 1.27. The highest BCUT2D eigenvalue weighted by Gasteiger charge is 2.27. The molecular formula is C14H24N4O. The van der Waals surface area contributed by atoms with E-state index in [1.54, 1.807) is 0 Å². The van der Waals surface area contributed by atoms with Crippen molar-refractivity contribution in [3.05, 3.63) is 17.5 Å². The van der Waals surface area contributed by atoms with E-state index >= 15 is 0 Å². The average molecular weight is 264 g/mol. The Morgan fingerprint density at radius 1 is 1.58 bits per heavy atom. The first-order chi connectivity index (χ1) is 9.01. The summed E-state index contributed by atoms with van der Waals surface area (Å²) in [6.07, 6.45) is 1.80. The Kier molecular flexibility index (Phi) is 4.24. The van der Waals surface area contributed by atoms with Crippen molar-refractivity contribution in [2.75, 3.05) is 13.1 Å². The molecule has 1 aliphatic rings. The van der Waals surface area contributed by atoms with E-state index in [0.717, 1.165) is 31.6 Å². The second-order valence-corrected chi connectivity index (χ2v) is 5.73. The van der Waals surface area contributed by atoms with Crippen molar-refractivity contribution in [1.29, 1.82) is 0 Å². The van der Waals surface area contributed by atoms with Gasteiger partial charge in [-0.15, -0.1) is 0 Å². The first-order valence-corrected chi connectivity index (χ1v) is 7.12. The maximum Gasteiger partial charge on any atom is 0.272 e. The molecule has 0 aromatic carbocycles. The highest BCUT2D eigenvalue weighted by Crippen LogP contribution is 2.15. The fourth-order valence-electron chi connectivity index (χ4n) is 2.54. The van der Waals surface area contributed by atoms with Gasteiger partial charge in [0.05, 0.1) is 5.69 Å². The molecule has 5 nitrogen and oxygen atoms in total. The van der Waals surface area contributed by atoms with Crippen molar-refractivity contribution in [3.63, 3.8) is 0 Å². The van der Waals surface area contributed by atoms with Crippen LogP contribution in [-0.2, 0) is 13.0 Å². The number of nitrogens with zero attached hydrogens (tertiary/aromatic N) is 3. The Labute approximate surface area is 114 Å². The van der Waals surface area contributed by atoms with Crippen LogP contribution in [-0.4, -0.2) is 39.7 Å². The van der Waals surface area contributed by atoms with Crippen LogP contribution in [0.4, 0.5) is 0 Å². The summed E-state index contributed by atoms with van der Waals surface area (Å²) >= 11 is 0. The highest BCUT2D eigenvalue weighted by atomic mass is 16.2. The summed E-state index contributed by atoms with van der Waals surface area (Å²) in [5, 5.41) is 4.52. The lowest BCUT2D eigenvalue weighted by Crippen LogP contribution is -2.33. The van der Waals surface area contributed by atoms with Gasteiger partial charge in [-0.25, -0.2) is 0 Å². The number of carbonyl (C=O) groups is 1. The van der Waals surface area contributed by atoms with Crippen LogP contribution in [0.1, 0.15) is 43.4 Å². The molecule has 0 saturated carbocycles. The number of rotatable bonds is 4. The van der Waals surface area contributed by atoms with Crippen LogP contribution in [0.2, 0.25) is 0 Å². The number of carbonyl (C=O) groups excluding carboxylic acids is 1. The third-order valence-electron chi connectivity index (χ3n) is 3.48. The molecule has 1 saturated heterocycles. The van der Waals surface area contributed by atoms with Crippen LogP contribution in [0.25, 0.3) is 0 Å². The van der Waals surface area contributed by atoms with Crippen LogP contribution in [0.3, 0.4) is 0 Å².